The standard InChI is InChI=1S/C43H48N4O7/c48-28-30-13-15-32(16-14-30)38-25-36(27-46-23-21-43(22-24-46)42(52)45-29-47(43)35-8-2-1-3-9-35)53-41(54-38)33-19-17-31(18-20-33)37-10-5-4-7-34(37)26-44-39(49)11-6-12-40(50)51/h1-5,7-10,13-20,36,38,41,48H,6,11-12,21-29H2,(H,44,49)(H,45,52)(H,50,51)/t36-,38+,41+/m1/s1. The van der Waals surface area contributed by atoms with Gasteiger partial charge in [0.1, 0.15) is 5.54 Å². The first-order valence-electron chi connectivity index (χ1n) is 18.8. The molecule has 54 heavy (non-hydrogen) atoms. The van der Waals surface area contributed by atoms with Crippen LogP contribution in [0.25, 0.3) is 11.1 Å². The second kappa shape index (κ2) is 16.9. The van der Waals surface area contributed by atoms with E-state index >= 15 is 0 Å². The van der Waals surface area contributed by atoms with Crippen LogP contribution < -0.4 is 15.5 Å². The van der Waals surface area contributed by atoms with Crippen LogP contribution >= 0.6 is 0 Å². The Labute approximate surface area is 315 Å². The molecule has 1 spiro atoms. The summed E-state index contributed by atoms with van der Waals surface area (Å²) in [5.41, 5.74) is 6.20. The van der Waals surface area contributed by atoms with Gasteiger partial charge in [-0.05, 0) is 59.2 Å². The number of piperidine rings is 1. The number of aliphatic hydroxyl groups excluding tert-OH is 1. The van der Waals surface area contributed by atoms with E-state index in [1.807, 2.05) is 91.0 Å². The van der Waals surface area contributed by atoms with Gasteiger partial charge in [0, 0.05) is 56.7 Å². The van der Waals surface area contributed by atoms with Crippen molar-refractivity contribution >= 4 is 23.5 Å². The highest BCUT2D eigenvalue weighted by atomic mass is 16.7. The van der Waals surface area contributed by atoms with Gasteiger partial charge in [-0.15, -0.1) is 0 Å². The Morgan fingerprint density at radius 3 is 2.28 bits per heavy atom. The Morgan fingerprint density at radius 1 is 0.852 bits per heavy atom. The number of carbonyl (C=O) groups is 3. The number of carboxylic acid groups (broad SMARTS) is 1. The van der Waals surface area contributed by atoms with Crippen LogP contribution in [0.3, 0.4) is 0 Å². The van der Waals surface area contributed by atoms with Gasteiger partial charge in [0.25, 0.3) is 0 Å². The number of carboxylic acids is 1. The molecule has 0 radical (unpaired) electrons. The summed E-state index contributed by atoms with van der Waals surface area (Å²) in [5.74, 6) is -0.982. The molecule has 3 heterocycles. The average Bonchev–Trinajstić information content (AvgIpc) is 3.52. The molecule has 2 amide bonds. The number of nitrogens with zero attached hydrogens (tertiary/aromatic N) is 2. The van der Waals surface area contributed by atoms with Crippen molar-refractivity contribution in [3.8, 4) is 11.1 Å². The van der Waals surface area contributed by atoms with Gasteiger partial charge in [-0.25, -0.2) is 0 Å². The molecule has 4 aromatic rings. The summed E-state index contributed by atoms with van der Waals surface area (Å²) in [7, 11) is 0. The number of amides is 2. The third kappa shape index (κ3) is 8.50. The Hall–Kier alpha value is -5.07. The van der Waals surface area contributed by atoms with Gasteiger partial charge >= 0.3 is 5.97 Å². The molecular formula is C43H48N4O7. The number of hydrogen-bond acceptors (Lipinski definition) is 8. The number of aliphatic hydroxyl groups is 1. The highest BCUT2D eigenvalue weighted by Gasteiger charge is 2.50. The molecule has 11 nitrogen and oxygen atoms in total. The first-order valence-corrected chi connectivity index (χ1v) is 18.8. The van der Waals surface area contributed by atoms with Crippen LogP contribution in [0, 0.1) is 0 Å². The number of likely N-dealkylation sites (tertiary alicyclic amines) is 1. The fourth-order valence-electron chi connectivity index (χ4n) is 7.92. The molecule has 0 bridgehead atoms. The molecule has 282 valence electrons. The summed E-state index contributed by atoms with van der Waals surface area (Å²) < 4.78 is 13.3. The fourth-order valence-corrected chi connectivity index (χ4v) is 7.92. The third-order valence-electron chi connectivity index (χ3n) is 10.9. The van der Waals surface area contributed by atoms with E-state index in [1.54, 1.807) is 0 Å². The van der Waals surface area contributed by atoms with Crippen molar-refractivity contribution in [2.75, 3.05) is 31.2 Å². The zero-order chi connectivity index (χ0) is 37.5. The topological polar surface area (TPSA) is 141 Å². The Morgan fingerprint density at radius 2 is 1.56 bits per heavy atom. The van der Waals surface area contributed by atoms with E-state index in [-0.39, 0.29) is 43.5 Å². The van der Waals surface area contributed by atoms with Crippen molar-refractivity contribution in [1.29, 1.82) is 0 Å². The largest absolute Gasteiger partial charge is 0.481 e. The minimum atomic E-state index is -0.907. The maximum Gasteiger partial charge on any atom is 0.303 e. The van der Waals surface area contributed by atoms with E-state index in [9.17, 15) is 19.5 Å². The number of hydrogen-bond donors (Lipinski definition) is 4. The monoisotopic (exact) mass is 732 g/mol. The summed E-state index contributed by atoms with van der Waals surface area (Å²) in [6.45, 7) is 3.08. The normalized spacial score (nSPS) is 21.2. The molecule has 3 aliphatic heterocycles. The third-order valence-corrected chi connectivity index (χ3v) is 10.9. The van der Waals surface area contributed by atoms with Crippen molar-refractivity contribution < 1.29 is 34.1 Å². The summed E-state index contributed by atoms with van der Waals surface area (Å²) in [6.07, 6.45) is 1.61. The van der Waals surface area contributed by atoms with Crippen LogP contribution in [0.1, 0.15) is 73.2 Å². The van der Waals surface area contributed by atoms with Crippen LogP contribution in [-0.2, 0) is 37.0 Å². The van der Waals surface area contributed by atoms with Gasteiger partial charge in [0.15, 0.2) is 6.29 Å². The van der Waals surface area contributed by atoms with Crippen LogP contribution in [0.2, 0.25) is 0 Å². The van der Waals surface area contributed by atoms with E-state index in [4.69, 9.17) is 14.6 Å². The number of benzene rings is 4. The molecule has 3 aliphatic rings. The van der Waals surface area contributed by atoms with Crippen LogP contribution in [0.4, 0.5) is 5.69 Å². The average molecular weight is 733 g/mol. The number of para-hydroxylation sites is 1. The van der Waals surface area contributed by atoms with Crippen molar-refractivity contribution in [1.82, 2.24) is 15.5 Å². The van der Waals surface area contributed by atoms with E-state index in [1.165, 1.54) is 0 Å². The molecule has 0 saturated carbocycles. The molecule has 3 saturated heterocycles. The van der Waals surface area contributed by atoms with Crippen LogP contribution in [-0.4, -0.2) is 70.8 Å². The van der Waals surface area contributed by atoms with E-state index in [0.717, 1.165) is 65.0 Å². The first-order chi connectivity index (χ1) is 26.3. The van der Waals surface area contributed by atoms with E-state index in [0.29, 0.717) is 32.6 Å². The van der Waals surface area contributed by atoms with Crippen LogP contribution in [0.15, 0.2) is 103 Å². The van der Waals surface area contributed by atoms with Gasteiger partial charge in [-0.2, -0.15) is 0 Å². The number of ether oxygens (including phenoxy) is 2. The van der Waals surface area contributed by atoms with Gasteiger partial charge in [0.05, 0.1) is 25.5 Å². The first kappa shape index (κ1) is 37.3. The molecule has 0 unspecified atom stereocenters. The number of rotatable bonds is 13. The number of nitrogens with one attached hydrogen (secondary N) is 2. The van der Waals surface area contributed by atoms with Crippen LogP contribution in [0.5, 0.6) is 0 Å². The Kier molecular flexibility index (Phi) is 11.7. The van der Waals surface area contributed by atoms with Crippen molar-refractivity contribution in [3.05, 3.63) is 125 Å². The molecule has 0 aliphatic carbocycles. The lowest BCUT2D eigenvalue weighted by molar-refractivity contribution is -0.253. The fraction of sp³-hybridized carbons (Fsp3) is 0.372. The molecular weight excluding hydrogens is 684 g/mol. The van der Waals surface area contributed by atoms with Gasteiger partial charge in [-0.1, -0.05) is 91.0 Å². The van der Waals surface area contributed by atoms with Gasteiger partial charge in [0.2, 0.25) is 11.8 Å². The lowest BCUT2D eigenvalue weighted by Crippen LogP contribution is -2.57. The maximum absolute atomic E-state index is 13.3. The molecule has 11 heteroatoms. The van der Waals surface area contributed by atoms with Gasteiger partial charge in [-0.3, -0.25) is 14.4 Å². The van der Waals surface area contributed by atoms with Crippen molar-refractivity contribution in [2.45, 2.75) is 75.7 Å². The van der Waals surface area contributed by atoms with E-state index < -0.39 is 17.8 Å². The zero-order valence-electron chi connectivity index (χ0n) is 30.4. The maximum atomic E-state index is 13.3. The van der Waals surface area contributed by atoms with Crippen molar-refractivity contribution in [3.63, 3.8) is 0 Å². The molecule has 3 atom stereocenters. The summed E-state index contributed by atoms with van der Waals surface area (Å²) in [6, 6.07) is 34.1. The highest BCUT2D eigenvalue weighted by molar-refractivity contribution is 5.93. The second-order valence-electron chi connectivity index (χ2n) is 14.4. The second-order valence-corrected chi connectivity index (χ2v) is 14.4. The molecule has 7 rings (SSSR count). The SMILES string of the molecule is O=C(O)CCCC(=O)NCc1ccccc1-c1ccc([C@H]2O[C@@H](CN3CCC4(CC3)C(=O)NCN4c3ccccc3)C[C@@H](c3ccc(CO)cc3)O2)cc1. The smallest absolute Gasteiger partial charge is 0.303 e. The summed E-state index contributed by atoms with van der Waals surface area (Å²) >= 11 is 0. The Bertz CT molecular complexity index is 1900. The minimum Gasteiger partial charge on any atom is -0.481 e. The van der Waals surface area contributed by atoms with E-state index in [2.05, 4.69) is 32.6 Å². The quantitative estimate of drug-likeness (QED) is 0.137. The number of anilines is 1. The summed E-state index contributed by atoms with van der Waals surface area (Å²) in [5, 5.41) is 24.5. The molecule has 4 N–H and O–H groups in total. The van der Waals surface area contributed by atoms with Gasteiger partial charge < -0.3 is 40.1 Å². The molecule has 4 aromatic carbocycles. The predicted molar refractivity (Wildman–Crippen MR) is 204 cm³/mol. The number of aliphatic carboxylic acids is 1. The lowest BCUT2D eigenvalue weighted by atomic mass is 9.85. The minimum absolute atomic E-state index is 0.0228. The number of carbonyl (C=O) groups excluding carboxylic acids is 2. The molecule has 3 fully saturated rings. The zero-order valence-corrected chi connectivity index (χ0v) is 30.4. The Balaban J connectivity index is 1.04. The highest BCUT2D eigenvalue weighted by Crippen LogP contribution is 2.40. The summed E-state index contributed by atoms with van der Waals surface area (Å²) in [4.78, 5) is 41.1. The van der Waals surface area contributed by atoms with Crippen molar-refractivity contribution in [2.24, 2.45) is 0 Å². The lowest BCUT2D eigenvalue weighted by Gasteiger charge is -2.45. The predicted octanol–water partition coefficient (Wildman–Crippen LogP) is 5.69. The molecule has 0 aromatic heterocycles.